The zero-order valence-corrected chi connectivity index (χ0v) is 18.3. The number of allylic oxidation sites excluding steroid dienone is 1. The van der Waals surface area contributed by atoms with Crippen LogP contribution in [0.15, 0.2) is 95.6 Å². The minimum atomic E-state index is 0.249. The average Bonchev–Trinajstić information content (AvgIpc) is 3.21. The fourth-order valence-electron chi connectivity index (χ4n) is 4.85. The first-order chi connectivity index (χ1) is 15.2. The largest absolute Gasteiger partial charge is 0.378 e. The van der Waals surface area contributed by atoms with Gasteiger partial charge in [0.25, 0.3) is 0 Å². The summed E-state index contributed by atoms with van der Waals surface area (Å²) in [6, 6.07) is 30.5. The Hall–Kier alpha value is -3.33. The molecule has 0 amide bonds. The second-order valence-corrected chi connectivity index (χ2v) is 8.68. The molecule has 1 saturated carbocycles. The number of hydrogen-bond donors (Lipinski definition) is 0. The van der Waals surface area contributed by atoms with E-state index in [0.29, 0.717) is 5.92 Å². The smallest absolute Gasteiger partial charge is 0.0859 e. The molecule has 1 aliphatic carbocycles. The van der Waals surface area contributed by atoms with E-state index in [2.05, 4.69) is 115 Å². The van der Waals surface area contributed by atoms with E-state index in [0.717, 1.165) is 12.1 Å². The highest BCUT2D eigenvalue weighted by molar-refractivity contribution is 6.08. The van der Waals surface area contributed by atoms with Crippen molar-refractivity contribution in [3.8, 4) is 0 Å². The predicted octanol–water partition coefficient (Wildman–Crippen LogP) is 6.55. The van der Waals surface area contributed by atoms with E-state index in [9.17, 15) is 0 Å². The molecule has 2 aliphatic rings. The summed E-state index contributed by atoms with van der Waals surface area (Å²) >= 11 is 0. The van der Waals surface area contributed by atoms with Crippen molar-refractivity contribution in [3.05, 3.63) is 102 Å². The third-order valence-corrected chi connectivity index (χ3v) is 6.41. The van der Waals surface area contributed by atoms with Gasteiger partial charge in [-0.15, -0.1) is 0 Å². The molecule has 2 atom stereocenters. The van der Waals surface area contributed by atoms with Gasteiger partial charge in [-0.05, 0) is 66.3 Å². The minimum Gasteiger partial charge on any atom is -0.378 e. The van der Waals surface area contributed by atoms with Gasteiger partial charge < -0.3 is 4.90 Å². The summed E-state index contributed by atoms with van der Waals surface area (Å²) in [5.74, 6) is 0.420. The number of nitrogens with zero attached hydrogens (tertiary/aromatic N) is 3. The zero-order chi connectivity index (χ0) is 21.2. The second kappa shape index (κ2) is 8.43. The fourth-order valence-corrected chi connectivity index (χ4v) is 4.85. The summed E-state index contributed by atoms with van der Waals surface area (Å²) in [5, 5.41) is 7.49. The molecule has 3 nitrogen and oxygen atoms in total. The van der Waals surface area contributed by atoms with E-state index in [1.807, 2.05) is 0 Å². The van der Waals surface area contributed by atoms with Crippen LogP contribution in [0, 0.1) is 5.92 Å². The molecule has 0 saturated heterocycles. The van der Waals surface area contributed by atoms with Crippen molar-refractivity contribution in [1.82, 2.24) is 0 Å². The van der Waals surface area contributed by atoms with E-state index in [4.69, 9.17) is 5.10 Å². The van der Waals surface area contributed by atoms with Gasteiger partial charge in [0.15, 0.2) is 0 Å². The van der Waals surface area contributed by atoms with Crippen molar-refractivity contribution >= 4 is 23.2 Å². The standard InChI is InChI=1S/C28H29N3/c1-30(2)24-18-16-21(17-19-24)20-23-12-9-15-26-27(23)29-31(25-13-7-4-8-14-25)28(26)22-10-5-3-6-11-22/h3-8,10-11,13-14,16-20,26,28H,9,12,15H2,1-2H3. The predicted molar refractivity (Wildman–Crippen MR) is 132 cm³/mol. The fraction of sp³-hybridized carbons (Fsp3) is 0.250. The summed E-state index contributed by atoms with van der Waals surface area (Å²) in [6.45, 7) is 0. The van der Waals surface area contributed by atoms with Crippen LogP contribution in [0.5, 0.6) is 0 Å². The summed E-state index contributed by atoms with van der Waals surface area (Å²) in [5.41, 5.74) is 7.62. The topological polar surface area (TPSA) is 18.8 Å². The summed E-state index contributed by atoms with van der Waals surface area (Å²) in [4.78, 5) is 2.14. The van der Waals surface area contributed by atoms with Crippen LogP contribution in [0.3, 0.4) is 0 Å². The molecule has 0 radical (unpaired) electrons. The molecule has 0 aromatic heterocycles. The number of anilines is 2. The van der Waals surface area contributed by atoms with Crippen molar-refractivity contribution in [2.24, 2.45) is 11.0 Å². The van der Waals surface area contributed by atoms with E-state index >= 15 is 0 Å². The second-order valence-electron chi connectivity index (χ2n) is 8.68. The molecule has 1 heterocycles. The van der Waals surface area contributed by atoms with Crippen LogP contribution < -0.4 is 9.91 Å². The van der Waals surface area contributed by atoms with Gasteiger partial charge in [-0.1, -0.05) is 60.7 Å². The first kappa shape index (κ1) is 19.6. The van der Waals surface area contributed by atoms with Gasteiger partial charge in [-0.3, -0.25) is 5.01 Å². The van der Waals surface area contributed by atoms with Gasteiger partial charge >= 0.3 is 0 Å². The molecule has 0 spiro atoms. The van der Waals surface area contributed by atoms with Crippen molar-refractivity contribution in [3.63, 3.8) is 0 Å². The number of benzene rings is 3. The Kier molecular flexibility index (Phi) is 5.33. The minimum absolute atomic E-state index is 0.249. The van der Waals surface area contributed by atoms with Gasteiger partial charge in [0.05, 0.1) is 17.4 Å². The lowest BCUT2D eigenvalue weighted by molar-refractivity contribution is 0.488. The number of hydrogen-bond acceptors (Lipinski definition) is 3. The normalized spacial score (nSPS) is 21.7. The Morgan fingerprint density at radius 1 is 0.871 bits per heavy atom. The van der Waals surface area contributed by atoms with E-state index in [-0.39, 0.29) is 6.04 Å². The molecule has 1 aliphatic heterocycles. The first-order valence-corrected chi connectivity index (χ1v) is 11.2. The highest BCUT2D eigenvalue weighted by Crippen LogP contribution is 2.46. The Morgan fingerprint density at radius 3 is 2.23 bits per heavy atom. The van der Waals surface area contributed by atoms with Crippen LogP contribution >= 0.6 is 0 Å². The molecule has 3 aromatic rings. The molecule has 5 rings (SSSR count). The van der Waals surface area contributed by atoms with Crippen molar-refractivity contribution in [1.29, 1.82) is 0 Å². The average molecular weight is 408 g/mol. The van der Waals surface area contributed by atoms with Gasteiger partial charge in [-0.25, -0.2) is 0 Å². The maximum absolute atomic E-state index is 5.23. The van der Waals surface area contributed by atoms with Crippen molar-refractivity contribution in [2.45, 2.75) is 25.3 Å². The highest BCUT2D eigenvalue weighted by Gasteiger charge is 2.41. The summed E-state index contributed by atoms with van der Waals surface area (Å²) < 4.78 is 0. The van der Waals surface area contributed by atoms with Crippen LogP contribution in [-0.4, -0.2) is 19.8 Å². The number of hydrazone groups is 1. The maximum atomic E-state index is 5.23. The lowest BCUT2D eigenvalue weighted by Gasteiger charge is -2.30. The highest BCUT2D eigenvalue weighted by atomic mass is 15.5. The van der Waals surface area contributed by atoms with Crippen LogP contribution in [0.4, 0.5) is 11.4 Å². The van der Waals surface area contributed by atoms with Crippen LogP contribution in [0.25, 0.3) is 6.08 Å². The third-order valence-electron chi connectivity index (χ3n) is 6.41. The summed E-state index contributed by atoms with van der Waals surface area (Å²) in [6.07, 6.45) is 5.83. The van der Waals surface area contributed by atoms with E-state index in [1.165, 1.54) is 40.9 Å². The van der Waals surface area contributed by atoms with Gasteiger partial charge in [0, 0.05) is 25.7 Å². The molecule has 1 fully saturated rings. The van der Waals surface area contributed by atoms with Crippen LogP contribution in [0.1, 0.15) is 36.4 Å². The molecular formula is C28H29N3. The number of fused-ring (bicyclic) bond motifs is 1. The Labute approximate surface area is 185 Å². The lowest BCUT2D eigenvalue weighted by atomic mass is 9.77. The molecule has 3 heteroatoms. The number of para-hydroxylation sites is 1. The van der Waals surface area contributed by atoms with Crippen LogP contribution in [-0.2, 0) is 0 Å². The number of rotatable bonds is 4. The van der Waals surface area contributed by atoms with Crippen molar-refractivity contribution < 1.29 is 0 Å². The molecule has 3 aromatic carbocycles. The van der Waals surface area contributed by atoms with E-state index < -0.39 is 0 Å². The molecule has 31 heavy (non-hydrogen) atoms. The van der Waals surface area contributed by atoms with Crippen molar-refractivity contribution in [2.75, 3.05) is 24.0 Å². The molecule has 0 N–H and O–H groups in total. The van der Waals surface area contributed by atoms with Gasteiger partial charge in [0.1, 0.15) is 0 Å². The molecule has 2 unspecified atom stereocenters. The van der Waals surface area contributed by atoms with Crippen LogP contribution in [0.2, 0.25) is 0 Å². The monoisotopic (exact) mass is 407 g/mol. The first-order valence-electron chi connectivity index (χ1n) is 11.2. The maximum Gasteiger partial charge on any atom is 0.0859 e. The SMILES string of the molecule is CN(C)c1ccc(C=C2CCCC3C2=NN(c2ccccc2)C3c2ccccc2)cc1. The quantitative estimate of drug-likeness (QED) is 0.488. The molecule has 156 valence electrons. The lowest BCUT2D eigenvalue weighted by Crippen LogP contribution is -2.28. The zero-order valence-electron chi connectivity index (χ0n) is 18.3. The van der Waals surface area contributed by atoms with Gasteiger partial charge in [0.2, 0.25) is 0 Å². The Bertz CT molecular complexity index is 1080. The Morgan fingerprint density at radius 2 is 1.55 bits per heavy atom. The Balaban J connectivity index is 1.54. The summed E-state index contributed by atoms with van der Waals surface area (Å²) in [7, 11) is 4.16. The molecular weight excluding hydrogens is 378 g/mol. The van der Waals surface area contributed by atoms with Gasteiger partial charge in [-0.2, -0.15) is 5.10 Å². The molecule has 0 bridgehead atoms. The third kappa shape index (κ3) is 3.88. The van der Waals surface area contributed by atoms with E-state index in [1.54, 1.807) is 0 Å².